The maximum absolute atomic E-state index is 12.1. The van der Waals surface area contributed by atoms with Crippen LogP contribution in [-0.2, 0) is 9.84 Å². The van der Waals surface area contributed by atoms with Gasteiger partial charge in [-0.15, -0.1) is 0 Å². The molecule has 1 fully saturated rings. The highest BCUT2D eigenvalue weighted by atomic mass is 32.2. The number of piperazine rings is 1. The number of benzene rings is 1. The van der Waals surface area contributed by atoms with Crippen molar-refractivity contribution in [1.82, 2.24) is 9.97 Å². The summed E-state index contributed by atoms with van der Waals surface area (Å²) >= 11 is 0. The molecule has 1 aromatic carbocycles. The van der Waals surface area contributed by atoms with E-state index in [1.165, 1.54) is 6.26 Å². The first-order valence-corrected chi connectivity index (χ1v) is 10.8. The van der Waals surface area contributed by atoms with Crippen LogP contribution in [0.2, 0.25) is 0 Å². The molecule has 4 rings (SSSR count). The summed E-state index contributed by atoms with van der Waals surface area (Å²) < 4.78 is 24.2. The Bertz CT molecular complexity index is 1180. The molecular weight excluding hydrogens is 374 g/mol. The van der Waals surface area contributed by atoms with E-state index in [1.807, 2.05) is 29.2 Å². The van der Waals surface area contributed by atoms with E-state index in [9.17, 15) is 13.7 Å². The number of aromatic nitrogens is 2. The van der Waals surface area contributed by atoms with Crippen LogP contribution in [-0.4, -0.2) is 50.8 Å². The third-order valence-corrected chi connectivity index (χ3v) is 6.03. The van der Waals surface area contributed by atoms with E-state index < -0.39 is 9.84 Å². The van der Waals surface area contributed by atoms with Crippen molar-refractivity contribution >= 4 is 32.2 Å². The summed E-state index contributed by atoms with van der Waals surface area (Å²) in [5, 5.41) is 10.5. The Labute approximate surface area is 163 Å². The summed E-state index contributed by atoms with van der Waals surface area (Å²) in [6.45, 7) is 2.53. The Morgan fingerprint density at radius 2 is 1.71 bits per heavy atom. The van der Waals surface area contributed by atoms with E-state index in [1.54, 1.807) is 24.5 Å². The van der Waals surface area contributed by atoms with Gasteiger partial charge < -0.3 is 9.80 Å². The monoisotopic (exact) mass is 393 g/mol. The predicted molar refractivity (Wildman–Crippen MR) is 108 cm³/mol. The summed E-state index contributed by atoms with van der Waals surface area (Å²) in [7, 11) is -3.36. The number of para-hydroxylation sites is 1. The maximum atomic E-state index is 12.1. The van der Waals surface area contributed by atoms with Crippen molar-refractivity contribution in [2.24, 2.45) is 0 Å². The fourth-order valence-electron chi connectivity index (χ4n) is 3.60. The number of fused-ring (bicyclic) bond motifs is 1. The van der Waals surface area contributed by atoms with Gasteiger partial charge in [0, 0.05) is 50.2 Å². The van der Waals surface area contributed by atoms with Crippen LogP contribution in [0.25, 0.3) is 10.9 Å². The lowest BCUT2D eigenvalue weighted by atomic mass is 10.1. The van der Waals surface area contributed by atoms with E-state index in [4.69, 9.17) is 0 Å². The molecule has 3 heterocycles. The standard InChI is InChI=1S/C20H19N5O2S/c1-28(26,27)18-7-4-8-22-20(18)25-11-9-24(10-12-25)19-15(13-21)14-23-17-6-3-2-5-16(17)19/h2-8,14H,9-12H2,1H3. The van der Waals surface area contributed by atoms with Gasteiger partial charge in [0.25, 0.3) is 0 Å². The fourth-order valence-corrected chi connectivity index (χ4v) is 4.44. The predicted octanol–water partition coefficient (Wildman–Crippen LogP) is 2.23. The summed E-state index contributed by atoms with van der Waals surface area (Å²) in [6, 6.07) is 13.3. The second kappa shape index (κ2) is 7.09. The van der Waals surface area contributed by atoms with Gasteiger partial charge in [0.2, 0.25) is 0 Å². The second-order valence-electron chi connectivity index (χ2n) is 6.72. The number of anilines is 2. The second-order valence-corrected chi connectivity index (χ2v) is 8.70. The van der Waals surface area contributed by atoms with Gasteiger partial charge in [-0.1, -0.05) is 18.2 Å². The number of nitriles is 1. The average molecular weight is 393 g/mol. The lowest BCUT2D eigenvalue weighted by Gasteiger charge is -2.37. The van der Waals surface area contributed by atoms with Crippen molar-refractivity contribution < 1.29 is 8.42 Å². The molecule has 1 aliphatic heterocycles. The molecule has 7 nitrogen and oxygen atoms in total. The van der Waals surface area contributed by atoms with Gasteiger partial charge in [-0.25, -0.2) is 13.4 Å². The largest absolute Gasteiger partial charge is 0.366 e. The quantitative estimate of drug-likeness (QED) is 0.674. The zero-order valence-electron chi connectivity index (χ0n) is 15.4. The molecule has 0 amide bonds. The van der Waals surface area contributed by atoms with Crippen molar-refractivity contribution in [3.8, 4) is 6.07 Å². The molecule has 0 N–H and O–H groups in total. The van der Waals surface area contributed by atoms with Gasteiger partial charge in [-0.2, -0.15) is 5.26 Å². The van der Waals surface area contributed by atoms with Crippen molar-refractivity contribution in [1.29, 1.82) is 5.26 Å². The first-order chi connectivity index (χ1) is 13.5. The van der Waals surface area contributed by atoms with E-state index >= 15 is 0 Å². The number of nitrogens with zero attached hydrogens (tertiary/aromatic N) is 5. The Morgan fingerprint density at radius 1 is 1.00 bits per heavy atom. The number of rotatable bonds is 3. The molecule has 1 saturated heterocycles. The molecule has 0 bridgehead atoms. The first-order valence-electron chi connectivity index (χ1n) is 8.92. The van der Waals surface area contributed by atoms with Gasteiger partial charge in [-0.05, 0) is 18.2 Å². The normalized spacial score (nSPS) is 14.9. The highest BCUT2D eigenvalue weighted by Crippen LogP contribution is 2.31. The first kappa shape index (κ1) is 18.2. The molecule has 0 saturated carbocycles. The maximum Gasteiger partial charge on any atom is 0.179 e. The van der Waals surface area contributed by atoms with Crippen molar-refractivity contribution in [3.63, 3.8) is 0 Å². The SMILES string of the molecule is CS(=O)(=O)c1cccnc1N1CCN(c2c(C#N)cnc3ccccc23)CC1. The third-order valence-electron chi connectivity index (χ3n) is 4.91. The molecule has 0 radical (unpaired) electrons. The number of sulfone groups is 1. The third kappa shape index (κ3) is 3.25. The molecule has 2 aromatic heterocycles. The van der Waals surface area contributed by atoms with Crippen LogP contribution in [0.3, 0.4) is 0 Å². The van der Waals surface area contributed by atoms with Gasteiger partial charge in [0.1, 0.15) is 16.8 Å². The van der Waals surface area contributed by atoms with Crippen LogP contribution in [0.1, 0.15) is 5.56 Å². The van der Waals surface area contributed by atoms with Crippen molar-refractivity contribution in [2.75, 3.05) is 42.2 Å². The lowest BCUT2D eigenvalue weighted by Crippen LogP contribution is -2.47. The Morgan fingerprint density at radius 3 is 2.43 bits per heavy atom. The van der Waals surface area contributed by atoms with Crippen LogP contribution < -0.4 is 9.80 Å². The van der Waals surface area contributed by atoms with E-state index in [2.05, 4.69) is 20.9 Å². The van der Waals surface area contributed by atoms with Gasteiger partial charge in [0.15, 0.2) is 9.84 Å². The Balaban J connectivity index is 1.65. The van der Waals surface area contributed by atoms with Crippen LogP contribution in [0.4, 0.5) is 11.5 Å². The fraction of sp³-hybridized carbons (Fsp3) is 0.250. The minimum Gasteiger partial charge on any atom is -0.366 e. The Kier molecular flexibility index (Phi) is 4.61. The molecule has 142 valence electrons. The molecular formula is C20H19N5O2S. The molecule has 0 atom stereocenters. The van der Waals surface area contributed by atoms with Crippen LogP contribution in [0.15, 0.2) is 53.7 Å². The van der Waals surface area contributed by atoms with Crippen LogP contribution >= 0.6 is 0 Å². The summed E-state index contributed by atoms with van der Waals surface area (Å²) in [6.07, 6.45) is 4.43. The van der Waals surface area contributed by atoms with Crippen molar-refractivity contribution in [2.45, 2.75) is 4.90 Å². The molecule has 1 aliphatic rings. The lowest BCUT2D eigenvalue weighted by molar-refractivity contribution is 0.598. The molecule has 0 aliphatic carbocycles. The van der Waals surface area contributed by atoms with E-state index in [-0.39, 0.29) is 4.90 Å². The van der Waals surface area contributed by atoms with Gasteiger partial charge in [-0.3, -0.25) is 4.98 Å². The van der Waals surface area contributed by atoms with Gasteiger partial charge in [0.05, 0.1) is 16.8 Å². The highest BCUT2D eigenvalue weighted by molar-refractivity contribution is 7.90. The van der Waals surface area contributed by atoms with E-state index in [0.717, 1.165) is 16.6 Å². The Hall–Kier alpha value is -3.18. The number of pyridine rings is 2. The molecule has 0 spiro atoms. The average Bonchev–Trinajstić information content (AvgIpc) is 2.72. The zero-order chi connectivity index (χ0) is 19.7. The summed E-state index contributed by atoms with van der Waals surface area (Å²) in [5.41, 5.74) is 2.28. The molecule has 3 aromatic rings. The topological polar surface area (TPSA) is 90.2 Å². The van der Waals surface area contributed by atoms with Gasteiger partial charge >= 0.3 is 0 Å². The number of hydrogen-bond acceptors (Lipinski definition) is 7. The highest BCUT2D eigenvalue weighted by Gasteiger charge is 2.25. The summed E-state index contributed by atoms with van der Waals surface area (Å²) in [4.78, 5) is 13.1. The molecule has 0 unspecified atom stereocenters. The van der Waals surface area contributed by atoms with Crippen molar-refractivity contribution in [3.05, 3.63) is 54.4 Å². The zero-order valence-corrected chi connectivity index (χ0v) is 16.2. The van der Waals surface area contributed by atoms with E-state index in [0.29, 0.717) is 37.6 Å². The summed E-state index contributed by atoms with van der Waals surface area (Å²) in [5.74, 6) is 0.491. The number of hydrogen-bond donors (Lipinski definition) is 0. The van der Waals surface area contributed by atoms with Crippen LogP contribution in [0.5, 0.6) is 0 Å². The van der Waals surface area contributed by atoms with Crippen LogP contribution in [0, 0.1) is 11.3 Å². The minimum atomic E-state index is -3.36. The smallest absolute Gasteiger partial charge is 0.179 e. The molecule has 28 heavy (non-hydrogen) atoms. The minimum absolute atomic E-state index is 0.246. The molecule has 8 heteroatoms.